The lowest BCUT2D eigenvalue weighted by Crippen LogP contribution is -2.23. The SMILES string of the molecule is CCNCCn1sc2ccccc2c1=O. The molecule has 0 amide bonds. The molecule has 1 heterocycles. The van der Waals surface area contributed by atoms with E-state index in [-0.39, 0.29) is 5.56 Å². The van der Waals surface area contributed by atoms with Gasteiger partial charge in [0.25, 0.3) is 5.56 Å². The van der Waals surface area contributed by atoms with Gasteiger partial charge in [0.15, 0.2) is 0 Å². The molecule has 0 spiro atoms. The highest BCUT2D eigenvalue weighted by atomic mass is 32.1. The van der Waals surface area contributed by atoms with Gasteiger partial charge in [-0.2, -0.15) is 0 Å². The average molecular weight is 222 g/mol. The van der Waals surface area contributed by atoms with Crippen LogP contribution in [0.15, 0.2) is 29.1 Å². The number of fused-ring (bicyclic) bond motifs is 1. The van der Waals surface area contributed by atoms with Crippen LogP contribution >= 0.6 is 11.5 Å². The van der Waals surface area contributed by atoms with Crippen molar-refractivity contribution in [2.24, 2.45) is 0 Å². The summed E-state index contributed by atoms with van der Waals surface area (Å²) in [5.41, 5.74) is 0.133. The number of benzene rings is 1. The van der Waals surface area contributed by atoms with Crippen LogP contribution in [-0.4, -0.2) is 17.0 Å². The van der Waals surface area contributed by atoms with E-state index in [9.17, 15) is 4.79 Å². The second-order valence-electron chi connectivity index (χ2n) is 3.35. The molecule has 1 N–H and O–H groups in total. The van der Waals surface area contributed by atoms with E-state index in [1.165, 1.54) is 11.5 Å². The molecule has 15 heavy (non-hydrogen) atoms. The van der Waals surface area contributed by atoms with Gasteiger partial charge in [0.05, 0.1) is 10.1 Å². The first kappa shape index (κ1) is 10.4. The molecule has 0 atom stereocenters. The number of nitrogens with zero attached hydrogens (tertiary/aromatic N) is 1. The monoisotopic (exact) mass is 222 g/mol. The molecular formula is C11H14N2OS. The minimum absolute atomic E-state index is 0.133. The summed E-state index contributed by atoms with van der Waals surface area (Å²) in [5, 5.41) is 4.05. The number of nitrogens with one attached hydrogen (secondary N) is 1. The fourth-order valence-corrected chi connectivity index (χ4v) is 2.52. The summed E-state index contributed by atoms with van der Waals surface area (Å²) >= 11 is 1.54. The van der Waals surface area contributed by atoms with E-state index >= 15 is 0 Å². The molecule has 0 aliphatic rings. The van der Waals surface area contributed by atoms with E-state index < -0.39 is 0 Å². The average Bonchev–Trinajstić information content (AvgIpc) is 2.57. The lowest BCUT2D eigenvalue weighted by molar-refractivity contribution is 0.634. The molecule has 0 saturated heterocycles. The first-order valence-electron chi connectivity index (χ1n) is 5.12. The maximum absolute atomic E-state index is 11.9. The van der Waals surface area contributed by atoms with Gasteiger partial charge in [-0.15, -0.1) is 0 Å². The molecular weight excluding hydrogens is 208 g/mol. The topological polar surface area (TPSA) is 34.0 Å². The fraction of sp³-hybridized carbons (Fsp3) is 0.364. The Kier molecular flexibility index (Phi) is 3.18. The first-order chi connectivity index (χ1) is 7.33. The Bertz CT molecular complexity index is 501. The van der Waals surface area contributed by atoms with Crippen LogP contribution in [0.2, 0.25) is 0 Å². The summed E-state index contributed by atoms with van der Waals surface area (Å²) in [6, 6.07) is 7.75. The maximum atomic E-state index is 11.9. The van der Waals surface area contributed by atoms with Crippen molar-refractivity contribution in [3.8, 4) is 0 Å². The Morgan fingerprint density at radius 3 is 2.93 bits per heavy atom. The van der Waals surface area contributed by atoms with Gasteiger partial charge in [0.1, 0.15) is 0 Å². The van der Waals surface area contributed by atoms with Gasteiger partial charge in [-0.25, -0.2) is 0 Å². The van der Waals surface area contributed by atoms with Crippen molar-refractivity contribution in [3.05, 3.63) is 34.6 Å². The van der Waals surface area contributed by atoms with Crippen molar-refractivity contribution in [1.29, 1.82) is 0 Å². The van der Waals surface area contributed by atoms with Gasteiger partial charge >= 0.3 is 0 Å². The van der Waals surface area contributed by atoms with Crippen molar-refractivity contribution in [1.82, 2.24) is 9.27 Å². The molecule has 2 rings (SSSR count). The normalized spacial score (nSPS) is 11.0. The fourth-order valence-electron chi connectivity index (χ4n) is 1.52. The number of hydrogen-bond donors (Lipinski definition) is 1. The Morgan fingerprint density at radius 2 is 2.20 bits per heavy atom. The highest BCUT2D eigenvalue weighted by Gasteiger charge is 2.05. The number of aromatic nitrogens is 1. The molecule has 0 fully saturated rings. The van der Waals surface area contributed by atoms with E-state index in [1.54, 1.807) is 0 Å². The quantitative estimate of drug-likeness (QED) is 0.798. The molecule has 2 aromatic rings. The molecule has 1 aromatic heterocycles. The Morgan fingerprint density at radius 1 is 1.40 bits per heavy atom. The number of likely N-dealkylation sites (N-methyl/N-ethyl adjacent to an activating group) is 1. The van der Waals surface area contributed by atoms with Crippen LogP contribution in [0.25, 0.3) is 10.1 Å². The third-order valence-corrected chi connectivity index (χ3v) is 3.42. The molecule has 80 valence electrons. The molecule has 3 nitrogen and oxygen atoms in total. The van der Waals surface area contributed by atoms with E-state index in [0.717, 1.165) is 29.7 Å². The van der Waals surface area contributed by atoms with Gasteiger partial charge in [-0.1, -0.05) is 30.6 Å². The summed E-state index contributed by atoms with van der Waals surface area (Å²) in [6.45, 7) is 4.61. The van der Waals surface area contributed by atoms with Crippen LogP contribution in [0.5, 0.6) is 0 Å². The van der Waals surface area contributed by atoms with Crippen LogP contribution in [0.4, 0.5) is 0 Å². The van der Waals surface area contributed by atoms with Gasteiger partial charge in [0.2, 0.25) is 0 Å². The van der Waals surface area contributed by atoms with Crippen LogP contribution in [0, 0.1) is 0 Å². The summed E-state index contributed by atoms with van der Waals surface area (Å²) in [4.78, 5) is 11.9. The molecule has 0 bridgehead atoms. The lowest BCUT2D eigenvalue weighted by Gasteiger charge is -2.00. The standard InChI is InChI=1S/C11H14N2OS/c1-2-12-7-8-13-11(14)9-5-3-4-6-10(9)15-13/h3-6,12H,2,7-8H2,1H3. The number of hydrogen-bond acceptors (Lipinski definition) is 3. The van der Waals surface area contributed by atoms with Crippen molar-refractivity contribution in [2.45, 2.75) is 13.5 Å². The zero-order valence-corrected chi connectivity index (χ0v) is 9.51. The molecule has 0 unspecified atom stereocenters. The third-order valence-electron chi connectivity index (χ3n) is 2.29. The lowest BCUT2D eigenvalue weighted by atomic mass is 10.3. The first-order valence-corrected chi connectivity index (χ1v) is 5.90. The molecule has 0 saturated carbocycles. The molecule has 4 heteroatoms. The molecule has 0 radical (unpaired) electrons. The largest absolute Gasteiger partial charge is 0.315 e. The van der Waals surface area contributed by atoms with E-state index in [1.807, 2.05) is 28.2 Å². The smallest absolute Gasteiger partial charge is 0.268 e. The predicted molar refractivity (Wildman–Crippen MR) is 64.6 cm³/mol. The second kappa shape index (κ2) is 4.59. The maximum Gasteiger partial charge on any atom is 0.268 e. The Balaban J connectivity index is 2.28. The predicted octanol–water partition coefficient (Wildman–Crippen LogP) is 1.67. The Hall–Kier alpha value is -1.13. The van der Waals surface area contributed by atoms with E-state index in [4.69, 9.17) is 0 Å². The van der Waals surface area contributed by atoms with E-state index in [0.29, 0.717) is 0 Å². The van der Waals surface area contributed by atoms with Crippen molar-refractivity contribution in [3.63, 3.8) is 0 Å². The summed E-state index contributed by atoms with van der Waals surface area (Å²) in [6.07, 6.45) is 0. The van der Waals surface area contributed by atoms with E-state index in [2.05, 4.69) is 12.2 Å². The van der Waals surface area contributed by atoms with Crippen molar-refractivity contribution in [2.75, 3.05) is 13.1 Å². The van der Waals surface area contributed by atoms with Crippen LogP contribution in [0.1, 0.15) is 6.92 Å². The van der Waals surface area contributed by atoms with Gasteiger partial charge in [0, 0.05) is 13.1 Å². The highest BCUT2D eigenvalue weighted by Crippen LogP contribution is 2.15. The van der Waals surface area contributed by atoms with Crippen LogP contribution in [0.3, 0.4) is 0 Å². The van der Waals surface area contributed by atoms with Crippen molar-refractivity contribution >= 4 is 21.6 Å². The van der Waals surface area contributed by atoms with Gasteiger partial charge in [-0.3, -0.25) is 8.75 Å². The summed E-state index contributed by atoms with van der Waals surface area (Å²) < 4.78 is 2.88. The highest BCUT2D eigenvalue weighted by molar-refractivity contribution is 7.13. The van der Waals surface area contributed by atoms with Gasteiger partial charge in [-0.05, 0) is 18.7 Å². The zero-order valence-electron chi connectivity index (χ0n) is 8.69. The summed E-state index contributed by atoms with van der Waals surface area (Å²) in [7, 11) is 0. The molecule has 0 aliphatic carbocycles. The minimum Gasteiger partial charge on any atom is -0.315 e. The molecule has 0 aliphatic heterocycles. The second-order valence-corrected chi connectivity index (χ2v) is 4.41. The third kappa shape index (κ3) is 2.11. The summed E-state index contributed by atoms with van der Waals surface area (Å²) in [5.74, 6) is 0. The number of rotatable bonds is 4. The zero-order chi connectivity index (χ0) is 10.7. The molecule has 1 aromatic carbocycles. The van der Waals surface area contributed by atoms with Crippen LogP contribution in [-0.2, 0) is 6.54 Å². The van der Waals surface area contributed by atoms with Gasteiger partial charge < -0.3 is 5.32 Å². The van der Waals surface area contributed by atoms with Crippen molar-refractivity contribution < 1.29 is 0 Å². The minimum atomic E-state index is 0.133. The van der Waals surface area contributed by atoms with Crippen LogP contribution < -0.4 is 10.9 Å². The Labute approximate surface area is 92.5 Å².